The molecule has 0 saturated carbocycles. The van der Waals surface area contributed by atoms with Gasteiger partial charge in [-0.1, -0.05) is 12.1 Å². The minimum absolute atomic E-state index is 0.183. The average Bonchev–Trinajstić information content (AvgIpc) is 2.82. The molecule has 0 fully saturated rings. The summed E-state index contributed by atoms with van der Waals surface area (Å²) in [5.41, 5.74) is 0.410. The fourth-order valence-electron chi connectivity index (χ4n) is 1.78. The molecule has 0 radical (unpaired) electrons. The summed E-state index contributed by atoms with van der Waals surface area (Å²) < 4.78 is 38.8. The Hall–Kier alpha value is -2.24. The molecule has 0 bridgehead atoms. The van der Waals surface area contributed by atoms with Gasteiger partial charge < -0.3 is 9.88 Å². The van der Waals surface area contributed by atoms with E-state index in [9.17, 15) is 18.0 Å². The van der Waals surface area contributed by atoms with E-state index < -0.39 is 11.7 Å². The van der Waals surface area contributed by atoms with Crippen molar-refractivity contribution in [3.63, 3.8) is 0 Å². The molecule has 2 rings (SSSR count). The Labute approximate surface area is 114 Å². The Kier molecular flexibility index (Phi) is 3.83. The van der Waals surface area contributed by atoms with Gasteiger partial charge in [0.2, 0.25) is 0 Å². The normalized spacial score (nSPS) is 11.4. The van der Waals surface area contributed by atoms with E-state index in [1.54, 1.807) is 29.9 Å². The number of nitrogens with zero attached hydrogens (tertiary/aromatic N) is 1. The number of hydrogen-bond acceptors (Lipinski definition) is 1. The van der Waals surface area contributed by atoms with Crippen LogP contribution < -0.4 is 5.32 Å². The lowest BCUT2D eigenvalue weighted by molar-refractivity contribution is -0.137. The van der Waals surface area contributed by atoms with Crippen molar-refractivity contribution in [1.29, 1.82) is 0 Å². The zero-order valence-electron chi connectivity index (χ0n) is 10.7. The van der Waals surface area contributed by atoms with Crippen LogP contribution in [0.2, 0.25) is 0 Å². The Morgan fingerprint density at radius 2 is 1.85 bits per heavy atom. The lowest BCUT2D eigenvalue weighted by atomic mass is 10.1. The second kappa shape index (κ2) is 5.40. The second-order valence-electron chi connectivity index (χ2n) is 4.38. The van der Waals surface area contributed by atoms with Gasteiger partial charge in [-0.05, 0) is 29.8 Å². The monoisotopic (exact) mass is 282 g/mol. The first-order valence-corrected chi connectivity index (χ1v) is 5.93. The number of halogens is 3. The quantitative estimate of drug-likeness (QED) is 0.922. The van der Waals surface area contributed by atoms with Crippen molar-refractivity contribution in [3.05, 3.63) is 59.4 Å². The van der Waals surface area contributed by atoms with Gasteiger partial charge in [0.15, 0.2) is 0 Å². The van der Waals surface area contributed by atoms with Crippen molar-refractivity contribution < 1.29 is 18.0 Å². The van der Waals surface area contributed by atoms with Gasteiger partial charge in [-0.2, -0.15) is 13.2 Å². The fourth-order valence-corrected chi connectivity index (χ4v) is 1.78. The lowest BCUT2D eigenvalue weighted by Crippen LogP contribution is -2.24. The number of hydrogen-bond donors (Lipinski definition) is 1. The summed E-state index contributed by atoms with van der Waals surface area (Å²) in [5, 5.41) is 2.66. The van der Waals surface area contributed by atoms with Crippen molar-refractivity contribution >= 4 is 5.91 Å². The molecule has 0 atom stereocenters. The first-order chi connectivity index (χ1) is 9.38. The summed E-state index contributed by atoms with van der Waals surface area (Å²) in [5.74, 6) is -0.266. The minimum atomic E-state index is -4.34. The molecule has 0 aliphatic carbocycles. The van der Waals surface area contributed by atoms with Crippen molar-refractivity contribution in [1.82, 2.24) is 9.88 Å². The third kappa shape index (κ3) is 3.20. The molecule has 20 heavy (non-hydrogen) atoms. The van der Waals surface area contributed by atoms with Crippen LogP contribution in [0.5, 0.6) is 0 Å². The van der Waals surface area contributed by atoms with E-state index in [0.29, 0.717) is 11.3 Å². The van der Waals surface area contributed by atoms with Crippen LogP contribution in [-0.4, -0.2) is 10.5 Å². The van der Waals surface area contributed by atoms with Crippen LogP contribution in [0, 0.1) is 0 Å². The smallest absolute Gasteiger partial charge is 0.347 e. The third-order valence-corrected chi connectivity index (χ3v) is 2.91. The molecule has 3 nitrogen and oxygen atoms in total. The van der Waals surface area contributed by atoms with Crippen LogP contribution in [0.4, 0.5) is 13.2 Å². The van der Waals surface area contributed by atoms with Crippen molar-refractivity contribution in [2.45, 2.75) is 12.7 Å². The number of benzene rings is 1. The van der Waals surface area contributed by atoms with E-state index >= 15 is 0 Å². The number of carbonyl (C=O) groups is 1. The molecule has 2 aromatic rings. The van der Waals surface area contributed by atoms with E-state index in [1.807, 2.05) is 0 Å². The molecular weight excluding hydrogens is 269 g/mol. The first-order valence-electron chi connectivity index (χ1n) is 5.93. The topological polar surface area (TPSA) is 34.0 Å². The lowest BCUT2D eigenvalue weighted by Gasteiger charge is -2.09. The number of alkyl halides is 3. The summed E-state index contributed by atoms with van der Waals surface area (Å²) >= 11 is 0. The molecule has 1 aromatic heterocycles. The fraction of sp³-hybridized carbons (Fsp3) is 0.214. The van der Waals surface area contributed by atoms with Gasteiger partial charge in [0.1, 0.15) is 5.69 Å². The zero-order chi connectivity index (χ0) is 14.8. The molecule has 1 amide bonds. The van der Waals surface area contributed by atoms with E-state index in [2.05, 4.69) is 5.32 Å². The SMILES string of the molecule is Cn1cccc1C(=O)NCc1ccc(C(F)(F)F)cc1. The van der Waals surface area contributed by atoms with Gasteiger partial charge in [-0.25, -0.2) is 0 Å². The molecule has 0 aliphatic rings. The Bertz CT molecular complexity index is 600. The molecule has 1 N–H and O–H groups in total. The van der Waals surface area contributed by atoms with Crippen LogP contribution in [0.15, 0.2) is 42.6 Å². The molecule has 0 aliphatic heterocycles. The van der Waals surface area contributed by atoms with E-state index in [1.165, 1.54) is 12.1 Å². The maximum atomic E-state index is 12.4. The molecular formula is C14H13F3N2O. The van der Waals surface area contributed by atoms with Crippen molar-refractivity contribution in [3.8, 4) is 0 Å². The highest BCUT2D eigenvalue weighted by molar-refractivity contribution is 5.92. The van der Waals surface area contributed by atoms with Gasteiger partial charge >= 0.3 is 6.18 Å². The largest absolute Gasteiger partial charge is 0.416 e. The van der Waals surface area contributed by atoms with Crippen LogP contribution in [0.25, 0.3) is 0 Å². The van der Waals surface area contributed by atoms with Crippen LogP contribution in [-0.2, 0) is 19.8 Å². The molecule has 1 aromatic carbocycles. The van der Waals surface area contributed by atoms with Crippen molar-refractivity contribution in [2.24, 2.45) is 7.05 Å². The standard InChI is InChI=1S/C14H13F3N2O/c1-19-8-2-3-12(19)13(20)18-9-10-4-6-11(7-5-10)14(15,16)17/h2-8H,9H2,1H3,(H,18,20). The molecule has 1 heterocycles. The summed E-state index contributed by atoms with van der Waals surface area (Å²) in [4.78, 5) is 11.8. The zero-order valence-corrected chi connectivity index (χ0v) is 10.7. The molecule has 6 heteroatoms. The molecule has 0 saturated heterocycles. The number of carbonyl (C=O) groups excluding carboxylic acids is 1. The number of nitrogens with one attached hydrogen (secondary N) is 1. The van der Waals surface area contributed by atoms with E-state index in [0.717, 1.165) is 12.1 Å². The Morgan fingerprint density at radius 1 is 1.20 bits per heavy atom. The van der Waals surface area contributed by atoms with Gasteiger partial charge in [-0.3, -0.25) is 4.79 Å². The van der Waals surface area contributed by atoms with Gasteiger partial charge in [0.25, 0.3) is 5.91 Å². The number of amides is 1. The number of rotatable bonds is 3. The highest BCUT2D eigenvalue weighted by Gasteiger charge is 2.29. The van der Waals surface area contributed by atoms with Gasteiger partial charge in [0, 0.05) is 19.8 Å². The maximum absolute atomic E-state index is 12.4. The molecule has 0 spiro atoms. The minimum Gasteiger partial charge on any atom is -0.347 e. The highest BCUT2D eigenvalue weighted by atomic mass is 19.4. The Balaban J connectivity index is 1.98. The average molecular weight is 282 g/mol. The summed E-state index contributed by atoms with van der Waals surface area (Å²) in [6.45, 7) is 0.183. The highest BCUT2D eigenvalue weighted by Crippen LogP contribution is 2.29. The summed E-state index contributed by atoms with van der Waals surface area (Å²) in [7, 11) is 1.74. The van der Waals surface area contributed by atoms with Crippen LogP contribution in [0.3, 0.4) is 0 Å². The van der Waals surface area contributed by atoms with Crippen molar-refractivity contribution in [2.75, 3.05) is 0 Å². The predicted octanol–water partition coefficient (Wildman–Crippen LogP) is 2.97. The third-order valence-electron chi connectivity index (χ3n) is 2.91. The Morgan fingerprint density at radius 3 is 2.35 bits per heavy atom. The van der Waals surface area contributed by atoms with Crippen LogP contribution in [0.1, 0.15) is 21.6 Å². The van der Waals surface area contributed by atoms with Gasteiger partial charge in [0.05, 0.1) is 5.56 Å². The summed E-state index contributed by atoms with van der Waals surface area (Å²) in [6, 6.07) is 8.13. The summed E-state index contributed by atoms with van der Waals surface area (Å²) in [6.07, 6.45) is -2.60. The van der Waals surface area contributed by atoms with E-state index in [4.69, 9.17) is 0 Å². The van der Waals surface area contributed by atoms with E-state index in [-0.39, 0.29) is 12.5 Å². The van der Waals surface area contributed by atoms with Crippen LogP contribution >= 0.6 is 0 Å². The first kappa shape index (κ1) is 14.2. The second-order valence-corrected chi connectivity index (χ2v) is 4.38. The van der Waals surface area contributed by atoms with Gasteiger partial charge in [-0.15, -0.1) is 0 Å². The maximum Gasteiger partial charge on any atom is 0.416 e. The predicted molar refractivity (Wildman–Crippen MR) is 68.0 cm³/mol. The molecule has 0 unspecified atom stereocenters. The number of aromatic nitrogens is 1. The molecule has 106 valence electrons. The number of aryl methyl sites for hydroxylation is 1.